The van der Waals surface area contributed by atoms with Gasteiger partial charge in [-0.25, -0.2) is 0 Å². The van der Waals surface area contributed by atoms with Gasteiger partial charge in [0, 0.05) is 52.9 Å². The molecule has 4 aliphatic rings. The Balaban J connectivity index is 0.000000424. The minimum Gasteiger partial charge on any atom is -0.381 e. The van der Waals surface area contributed by atoms with E-state index in [9.17, 15) is 0 Å². The van der Waals surface area contributed by atoms with E-state index in [-0.39, 0.29) is 45.5 Å². The van der Waals surface area contributed by atoms with E-state index < -0.39 is 0 Å². The van der Waals surface area contributed by atoms with Crippen LogP contribution in [0.15, 0.2) is 60.7 Å². The monoisotopic (exact) mass is 578 g/mol. The largest absolute Gasteiger partial charge is 2.00 e. The van der Waals surface area contributed by atoms with Gasteiger partial charge in [0.25, 0.3) is 0 Å². The van der Waals surface area contributed by atoms with Crippen molar-refractivity contribution in [2.75, 3.05) is 52.9 Å². The van der Waals surface area contributed by atoms with Crippen LogP contribution in [-0.2, 0) is 18.9 Å². The maximum atomic E-state index is 6.69. The first-order valence-corrected chi connectivity index (χ1v) is 13.1. The van der Waals surface area contributed by atoms with Crippen LogP contribution in [0, 0.1) is 24.7 Å². The zero-order valence-corrected chi connectivity index (χ0v) is 25.9. The summed E-state index contributed by atoms with van der Waals surface area (Å²) in [4.78, 5) is 0. The summed E-state index contributed by atoms with van der Waals surface area (Å²) in [7, 11) is 0. The first-order valence-electron chi connectivity index (χ1n) is 13.1. The average molecular weight is 578 g/mol. The van der Waals surface area contributed by atoms with Crippen molar-refractivity contribution in [3.8, 4) is 11.8 Å². The van der Waals surface area contributed by atoms with E-state index in [4.69, 9.17) is 31.8 Å². The zero-order chi connectivity index (χ0) is 25.8. The summed E-state index contributed by atoms with van der Waals surface area (Å²) in [6, 6.07) is 18.7. The Kier molecular flexibility index (Phi) is 28.5. The van der Waals surface area contributed by atoms with Gasteiger partial charge >= 0.3 is 45.5 Å². The molecule has 0 radical (unpaired) electrons. The second kappa shape index (κ2) is 29.4. The van der Waals surface area contributed by atoms with E-state index in [2.05, 4.69) is 11.8 Å². The smallest absolute Gasteiger partial charge is 0.381 e. The quantitative estimate of drug-likeness (QED) is 0.217. The fourth-order valence-electron chi connectivity index (χ4n) is 3.08. The molecule has 0 aromatic heterocycles. The molecule has 5 heteroatoms. The van der Waals surface area contributed by atoms with E-state index in [0.29, 0.717) is 0 Å². The maximum absolute atomic E-state index is 6.69. The van der Waals surface area contributed by atoms with Crippen molar-refractivity contribution in [2.24, 2.45) is 0 Å². The molecule has 4 nitrogen and oxygen atoms in total. The van der Waals surface area contributed by atoms with Crippen molar-refractivity contribution in [1.29, 1.82) is 0 Å². The van der Waals surface area contributed by atoms with Crippen molar-refractivity contribution < 1.29 is 18.9 Å². The van der Waals surface area contributed by atoms with Crippen LogP contribution in [0.4, 0.5) is 0 Å². The molecule has 4 fully saturated rings. The molecule has 0 bridgehead atoms. The van der Waals surface area contributed by atoms with Crippen LogP contribution in [0.25, 0.3) is 0 Å². The van der Waals surface area contributed by atoms with E-state index in [1.54, 1.807) is 0 Å². The second-order valence-corrected chi connectivity index (χ2v) is 8.26. The van der Waals surface area contributed by atoms with Gasteiger partial charge in [0.2, 0.25) is 0 Å². The van der Waals surface area contributed by atoms with Gasteiger partial charge in [-0.3, -0.25) is 11.8 Å². The molecule has 4 heterocycles. The zero-order valence-electron chi connectivity index (χ0n) is 22.4. The maximum Gasteiger partial charge on any atom is 2.00 e. The van der Waals surface area contributed by atoms with Gasteiger partial charge in [0.15, 0.2) is 0 Å². The van der Waals surface area contributed by atoms with Crippen molar-refractivity contribution in [3.05, 3.63) is 84.6 Å². The number of hydrogen-bond acceptors (Lipinski definition) is 4. The van der Waals surface area contributed by atoms with Crippen LogP contribution in [-0.4, -0.2) is 98.3 Å². The van der Waals surface area contributed by atoms with Crippen molar-refractivity contribution in [1.82, 2.24) is 0 Å². The molecule has 2 aromatic carbocycles. The van der Waals surface area contributed by atoms with E-state index in [0.717, 1.165) is 64.0 Å². The SMILES string of the molecule is C1CCOC1.C1CCOC1.C1CCOC1.C1CCOC1.[C-]#Cc1ccccc1.[C-]#Cc1ccccc1.[Sr+2]. The summed E-state index contributed by atoms with van der Waals surface area (Å²) in [5.41, 5.74) is 1.65. The molecule has 0 spiro atoms. The standard InChI is InChI=1S/2C8H5.4C4H8O.Sr/c2*1-2-8-6-4-3-5-7-8;4*1-2-4-5-3-1;/h2*3-7H;4*1-4H2;/q2*-1;;;;;+2. The molecule has 4 aliphatic heterocycles. The summed E-state index contributed by atoms with van der Waals surface area (Å²) >= 11 is 0. The minimum atomic E-state index is 0. The second-order valence-electron chi connectivity index (χ2n) is 8.26. The molecule has 0 unspecified atom stereocenters. The van der Waals surface area contributed by atoms with Gasteiger partial charge in [-0.05, 0) is 51.4 Å². The topological polar surface area (TPSA) is 36.9 Å². The Labute approximate surface area is 263 Å². The Bertz CT molecular complexity index is 663. The summed E-state index contributed by atoms with van der Waals surface area (Å²) in [5, 5.41) is 0. The van der Waals surface area contributed by atoms with Crippen molar-refractivity contribution >= 4 is 45.5 Å². The van der Waals surface area contributed by atoms with Gasteiger partial charge in [-0.15, -0.1) is 35.4 Å². The van der Waals surface area contributed by atoms with Crippen LogP contribution >= 0.6 is 0 Å². The van der Waals surface area contributed by atoms with Crippen molar-refractivity contribution in [3.63, 3.8) is 0 Å². The van der Waals surface area contributed by atoms with Gasteiger partial charge < -0.3 is 31.8 Å². The summed E-state index contributed by atoms with van der Waals surface area (Å²) < 4.78 is 19.8. The molecule has 0 aliphatic carbocycles. The third kappa shape index (κ3) is 24.9. The van der Waals surface area contributed by atoms with Crippen LogP contribution in [0.5, 0.6) is 0 Å². The van der Waals surface area contributed by atoms with Crippen LogP contribution in [0.2, 0.25) is 0 Å². The molecule has 6 rings (SSSR count). The van der Waals surface area contributed by atoms with Crippen molar-refractivity contribution in [2.45, 2.75) is 51.4 Å². The summed E-state index contributed by atoms with van der Waals surface area (Å²) in [6.45, 7) is 8.00. The minimum absolute atomic E-state index is 0. The Morgan fingerprint density at radius 2 is 0.622 bits per heavy atom. The fourth-order valence-corrected chi connectivity index (χ4v) is 3.08. The number of hydrogen-bond donors (Lipinski definition) is 0. The Hall–Kier alpha value is -1.12. The number of ether oxygens (including phenoxy) is 4. The van der Waals surface area contributed by atoms with Gasteiger partial charge in [-0.2, -0.15) is 0 Å². The predicted molar refractivity (Wildman–Crippen MR) is 151 cm³/mol. The van der Waals surface area contributed by atoms with Gasteiger partial charge in [0.05, 0.1) is 0 Å². The van der Waals surface area contributed by atoms with E-state index in [1.807, 2.05) is 60.7 Å². The number of rotatable bonds is 0. The molecule has 196 valence electrons. The van der Waals surface area contributed by atoms with E-state index >= 15 is 0 Å². The molecule has 37 heavy (non-hydrogen) atoms. The summed E-state index contributed by atoms with van der Waals surface area (Å²) in [5.74, 6) is 4.55. The average Bonchev–Trinajstić information content (AvgIpc) is 3.81. The molecule has 0 N–H and O–H groups in total. The molecular weight excluding hydrogens is 536 g/mol. The first kappa shape index (κ1) is 35.9. The molecule has 0 saturated carbocycles. The molecular formula is C32H42O4Sr. The van der Waals surface area contributed by atoms with Gasteiger partial charge in [-0.1, -0.05) is 36.4 Å². The molecule has 4 saturated heterocycles. The first-order chi connectivity index (χ1) is 17.9. The fraction of sp³-hybridized carbons (Fsp3) is 0.500. The van der Waals surface area contributed by atoms with Crippen LogP contribution in [0.3, 0.4) is 0 Å². The number of benzene rings is 2. The van der Waals surface area contributed by atoms with Crippen LogP contribution in [0.1, 0.15) is 62.5 Å². The predicted octanol–water partition coefficient (Wildman–Crippen LogP) is 6.06. The molecule has 2 aromatic rings. The third-order valence-corrected chi connectivity index (χ3v) is 5.15. The normalized spacial score (nSPS) is 16.4. The Morgan fingerprint density at radius 1 is 0.405 bits per heavy atom. The van der Waals surface area contributed by atoms with Crippen LogP contribution < -0.4 is 0 Å². The third-order valence-electron chi connectivity index (χ3n) is 5.15. The summed E-state index contributed by atoms with van der Waals surface area (Å²) in [6.07, 6.45) is 23.6. The molecule has 0 atom stereocenters. The van der Waals surface area contributed by atoms with E-state index in [1.165, 1.54) is 51.4 Å². The molecule has 0 amide bonds. The van der Waals surface area contributed by atoms with Gasteiger partial charge in [0.1, 0.15) is 0 Å². The Morgan fingerprint density at radius 3 is 0.730 bits per heavy atom.